The zero-order valence-electron chi connectivity index (χ0n) is 9.67. The van der Waals surface area contributed by atoms with Gasteiger partial charge in [0.05, 0.1) is 11.9 Å². The Hall–Kier alpha value is -1.89. The number of rotatable bonds is 4. The third-order valence-electron chi connectivity index (χ3n) is 2.34. The van der Waals surface area contributed by atoms with Crippen molar-refractivity contribution in [3.63, 3.8) is 0 Å². The van der Waals surface area contributed by atoms with E-state index in [1.165, 1.54) is 24.4 Å². The summed E-state index contributed by atoms with van der Waals surface area (Å²) in [6.07, 6.45) is 2.92. The standard InChI is InChI=1S/C11H12FN3O2S/c1-2-15-8-9(7-13-15)14-18(16,17)11-6-4-3-5-10(11)12/h3-8,14H,2H2,1H3. The molecular weight excluding hydrogens is 257 g/mol. The summed E-state index contributed by atoms with van der Waals surface area (Å²) in [7, 11) is -3.92. The van der Waals surface area contributed by atoms with Crippen LogP contribution >= 0.6 is 0 Å². The van der Waals surface area contributed by atoms with E-state index >= 15 is 0 Å². The summed E-state index contributed by atoms with van der Waals surface area (Å²) in [6.45, 7) is 2.50. The lowest BCUT2D eigenvalue weighted by molar-refractivity contribution is 0.570. The molecule has 0 fully saturated rings. The number of aromatic nitrogens is 2. The second kappa shape index (κ2) is 4.77. The van der Waals surface area contributed by atoms with Crippen molar-refractivity contribution in [3.8, 4) is 0 Å². The second-order valence-corrected chi connectivity index (χ2v) is 5.27. The average molecular weight is 269 g/mol. The van der Waals surface area contributed by atoms with Crippen LogP contribution in [0, 0.1) is 5.82 Å². The highest BCUT2D eigenvalue weighted by atomic mass is 32.2. The van der Waals surface area contributed by atoms with Gasteiger partial charge in [0.25, 0.3) is 10.0 Å². The fraction of sp³-hybridized carbons (Fsp3) is 0.182. The normalized spacial score (nSPS) is 11.4. The Balaban J connectivity index is 2.30. The Bertz CT molecular complexity index is 652. The van der Waals surface area contributed by atoms with Crippen LogP contribution in [0.3, 0.4) is 0 Å². The van der Waals surface area contributed by atoms with Crippen molar-refractivity contribution < 1.29 is 12.8 Å². The lowest BCUT2D eigenvalue weighted by Crippen LogP contribution is -2.14. The maximum Gasteiger partial charge on any atom is 0.264 e. The number of sulfonamides is 1. The van der Waals surface area contributed by atoms with Gasteiger partial charge in [-0.3, -0.25) is 9.40 Å². The van der Waals surface area contributed by atoms with Gasteiger partial charge in [0.2, 0.25) is 0 Å². The van der Waals surface area contributed by atoms with E-state index in [2.05, 4.69) is 9.82 Å². The Morgan fingerprint density at radius 2 is 2.11 bits per heavy atom. The fourth-order valence-electron chi connectivity index (χ4n) is 1.46. The first-order valence-electron chi connectivity index (χ1n) is 5.32. The van der Waals surface area contributed by atoms with Crippen LogP contribution in [-0.4, -0.2) is 18.2 Å². The SMILES string of the molecule is CCn1cc(NS(=O)(=O)c2ccccc2F)cn1. The molecule has 0 saturated heterocycles. The molecule has 0 aliphatic heterocycles. The van der Waals surface area contributed by atoms with Crippen LogP contribution in [0.4, 0.5) is 10.1 Å². The van der Waals surface area contributed by atoms with Crippen LogP contribution in [0.2, 0.25) is 0 Å². The second-order valence-electron chi connectivity index (χ2n) is 3.62. The summed E-state index contributed by atoms with van der Waals surface area (Å²) in [4.78, 5) is -0.380. The maximum absolute atomic E-state index is 13.4. The molecule has 2 rings (SSSR count). The van der Waals surface area contributed by atoms with E-state index in [-0.39, 0.29) is 4.90 Å². The first-order valence-corrected chi connectivity index (χ1v) is 6.81. The summed E-state index contributed by atoms with van der Waals surface area (Å²) in [5, 5.41) is 3.93. The minimum absolute atomic E-state index is 0.306. The van der Waals surface area contributed by atoms with Crippen molar-refractivity contribution in [1.29, 1.82) is 0 Å². The number of aryl methyl sites for hydroxylation is 1. The molecule has 1 N–H and O–H groups in total. The number of benzene rings is 1. The molecule has 0 amide bonds. The highest BCUT2D eigenvalue weighted by Crippen LogP contribution is 2.17. The molecule has 0 radical (unpaired) electrons. The lowest BCUT2D eigenvalue weighted by Gasteiger charge is -2.06. The predicted octanol–water partition coefficient (Wildman–Crippen LogP) is 1.84. The Kier molecular flexibility index (Phi) is 3.33. The molecule has 7 heteroatoms. The van der Waals surface area contributed by atoms with Crippen molar-refractivity contribution in [2.45, 2.75) is 18.4 Å². The van der Waals surface area contributed by atoms with Crippen LogP contribution in [0.15, 0.2) is 41.6 Å². The zero-order chi connectivity index (χ0) is 13.2. The molecule has 96 valence electrons. The molecule has 0 atom stereocenters. The number of hydrogen-bond acceptors (Lipinski definition) is 3. The highest BCUT2D eigenvalue weighted by molar-refractivity contribution is 7.92. The van der Waals surface area contributed by atoms with Crippen molar-refractivity contribution in [2.75, 3.05) is 4.72 Å². The molecule has 0 aliphatic rings. The lowest BCUT2D eigenvalue weighted by atomic mass is 10.4. The largest absolute Gasteiger partial charge is 0.276 e. The summed E-state index contributed by atoms with van der Waals surface area (Å²) < 4.78 is 41.1. The van der Waals surface area contributed by atoms with E-state index in [1.807, 2.05) is 6.92 Å². The molecule has 0 spiro atoms. The van der Waals surface area contributed by atoms with E-state index in [1.54, 1.807) is 10.9 Å². The third kappa shape index (κ3) is 2.51. The quantitative estimate of drug-likeness (QED) is 0.921. The van der Waals surface area contributed by atoms with Gasteiger partial charge in [0.15, 0.2) is 0 Å². The molecule has 1 aromatic carbocycles. The maximum atomic E-state index is 13.4. The van der Waals surface area contributed by atoms with E-state index in [0.717, 1.165) is 6.07 Å². The van der Waals surface area contributed by atoms with Gasteiger partial charge < -0.3 is 0 Å². The number of halogens is 1. The van der Waals surface area contributed by atoms with Gasteiger partial charge in [-0.1, -0.05) is 12.1 Å². The smallest absolute Gasteiger partial charge is 0.264 e. The summed E-state index contributed by atoms with van der Waals surface area (Å²) in [5.41, 5.74) is 0.306. The molecule has 5 nitrogen and oxygen atoms in total. The molecule has 2 aromatic rings. The summed E-state index contributed by atoms with van der Waals surface area (Å²) >= 11 is 0. The van der Waals surface area contributed by atoms with Crippen molar-refractivity contribution in [1.82, 2.24) is 9.78 Å². The van der Waals surface area contributed by atoms with Crippen molar-refractivity contribution in [2.24, 2.45) is 0 Å². The molecule has 1 heterocycles. The number of hydrogen-bond donors (Lipinski definition) is 1. The van der Waals surface area contributed by atoms with Gasteiger partial charge in [0.1, 0.15) is 10.7 Å². The molecule has 0 unspecified atom stereocenters. The van der Waals surface area contributed by atoms with Gasteiger partial charge in [-0.25, -0.2) is 12.8 Å². The van der Waals surface area contributed by atoms with Gasteiger partial charge >= 0.3 is 0 Å². The molecule has 0 bridgehead atoms. The van der Waals surface area contributed by atoms with Crippen LogP contribution in [0.5, 0.6) is 0 Å². The van der Waals surface area contributed by atoms with Crippen LogP contribution < -0.4 is 4.72 Å². The number of nitrogens with one attached hydrogen (secondary N) is 1. The molecule has 18 heavy (non-hydrogen) atoms. The Morgan fingerprint density at radius 1 is 1.39 bits per heavy atom. The zero-order valence-corrected chi connectivity index (χ0v) is 10.5. The van der Waals surface area contributed by atoms with Crippen LogP contribution in [0.25, 0.3) is 0 Å². The summed E-state index contributed by atoms with van der Waals surface area (Å²) in [5.74, 6) is -0.784. The van der Waals surface area contributed by atoms with Gasteiger partial charge in [-0.15, -0.1) is 0 Å². The number of anilines is 1. The average Bonchev–Trinajstić information content (AvgIpc) is 2.76. The van der Waals surface area contributed by atoms with Crippen molar-refractivity contribution in [3.05, 3.63) is 42.5 Å². The fourth-order valence-corrected chi connectivity index (χ4v) is 2.57. The van der Waals surface area contributed by atoms with Crippen molar-refractivity contribution >= 4 is 15.7 Å². The minimum Gasteiger partial charge on any atom is -0.276 e. The van der Waals surface area contributed by atoms with Gasteiger partial charge in [-0.05, 0) is 19.1 Å². The monoisotopic (exact) mass is 269 g/mol. The molecule has 0 saturated carbocycles. The topological polar surface area (TPSA) is 64.0 Å². The Labute approximate surface area is 104 Å². The molecule has 1 aromatic heterocycles. The van der Waals surface area contributed by atoms with E-state index in [9.17, 15) is 12.8 Å². The van der Waals surface area contributed by atoms with E-state index < -0.39 is 15.8 Å². The first-order chi connectivity index (χ1) is 8.53. The number of nitrogens with zero attached hydrogens (tertiary/aromatic N) is 2. The first kappa shape index (κ1) is 12.6. The summed E-state index contributed by atoms with van der Waals surface area (Å²) in [6, 6.07) is 5.21. The van der Waals surface area contributed by atoms with E-state index in [4.69, 9.17) is 0 Å². The van der Waals surface area contributed by atoms with Gasteiger partial charge in [-0.2, -0.15) is 5.10 Å². The van der Waals surface area contributed by atoms with E-state index in [0.29, 0.717) is 12.2 Å². The predicted molar refractivity (Wildman–Crippen MR) is 65.1 cm³/mol. The van der Waals surface area contributed by atoms with Crippen LogP contribution in [0.1, 0.15) is 6.92 Å². The Morgan fingerprint density at radius 3 is 2.72 bits per heavy atom. The third-order valence-corrected chi connectivity index (χ3v) is 3.75. The van der Waals surface area contributed by atoms with Crippen LogP contribution in [-0.2, 0) is 16.6 Å². The molecular formula is C11H12FN3O2S. The highest BCUT2D eigenvalue weighted by Gasteiger charge is 2.18. The molecule has 0 aliphatic carbocycles. The van der Waals surface area contributed by atoms with Gasteiger partial charge in [0, 0.05) is 12.7 Å². The minimum atomic E-state index is -3.92.